The number of hydrogen-bond acceptors (Lipinski definition) is 8. The lowest BCUT2D eigenvalue weighted by Gasteiger charge is -2.21. The quantitative estimate of drug-likeness (QED) is 0.376. The van der Waals surface area contributed by atoms with Gasteiger partial charge in [0.15, 0.2) is 0 Å². The van der Waals surface area contributed by atoms with Crippen LogP contribution >= 0.6 is 22.7 Å². The van der Waals surface area contributed by atoms with Gasteiger partial charge in [0.25, 0.3) is 5.91 Å². The molecule has 3 aromatic rings. The van der Waals surface area contributed by atoms with Crippen molar-refractivity contribution in [1.29, 1.82) is 0 Å². The molecular weight excluding hydrogens is 472 g/mol. The number of thiophene rings is 2. The average molecular weight is 495 g/mol. The first-order valence-corrected chi connectivity index (χ1v) is 13.1. The Balaban J connectivity index is 1.40. The second kappa shape index (κ2) is 9.63. The van der Waals surface area contributed by atoms with Gasteiger partial charge in [-0.05, 0) is 56.1 Å². The molecule has 0 spiro atoms. The second-order valence-electron chi connectivity index (χ2n) is 7.44. The molecule has 4 N–H and O–H groups in total. The Kier molecular flexibility index (Phi) is 6.86. The van der Waals surface area contributed by atoms with E-state index in [0.717, 1.165) is 41.5 Å². The summed E-state index contributed by atoms with van der Waals surface area (Å²) in [6.07, 6.45) is 4.74. The minimum Gasteiger partial charge on any atom is -0.480 e. The van der Waals surface area contributed by atoms with Gasteiger partial charge >= 0.3 is 5.97 Å². The van der Waals surface area contributed by atoms with E-state index < -0.39 is 27.9 Å². The SMILES string of the molecule is O=C(NC[C@H](NS(=O)(=O)c1cccnc1)C(=O)O)c1cc2cc(C3CCNCC3)sc2s1. The monoisotopic (exact) mass is 494 g/mol. The van der Waals surface area contributed by atoms with Crippen LogP contribution in [0.3, 0.4) is 0 Å². The fourth-order valence-electron chi connectivity index (χ4n) is 3.50. The van der Waals surface area contributed by atoms with Crippen LogP contribution in [0, 0.1) is 0 Å². The van der Waals surface area contributed by atoms with E-state index in [-0.39, 0.29) is 11.4 Å². The van der Waals surface area contributed by atoms with Gasteiger partial charge in [0.2, 0.25) is 10.0 Å². The number of carboxylic acids is 1. The summed E-state index contributed by atoms with van der Waals surface area (Å²) in [6, 6.07) is 5.16. The van der Waals surface area contributed by atoms with Crippen LogP contribution in [-0.2, 0) is 14.8 Å². The van der Waals surface area contributed by atoms with Crippen molar-refractivity contribution in [3.8, 4) is 0 Å². The molecule has 1 aliphatic rings. The Bertz CT molecular complexity index is 1190. The molecule has 170 valence electrons. The highest BCUT2D eigenvalue weighted by Gasteiger charge is 2.27. The van der Waals surface area contributed by atoms with Gasteiger partial charge in [-0.3, -0.25) is 14.6 Å². The third kappa shape index (κ3) is 5.15. The van der Waals surface area contributed by atoms with Crippen LogP contribution in [0.1, 0.15) is 33.3 Å². The van der Waals surface area contributed by atoms with E-state index in [1.165, 1.54) is 34.5 Å². The Hall–Kier alpha value is -2.38. The molecule has 0 bridgehead atoms. The van der Waals surface area contributed by atoms with Crippen LogP contribution in [0.15, 0.2) is 41.6 Å². The molecule has 0 aromatic carbocycles. The Morgan fingerprint density at radius 3 is 2.69 bits per heavy atom. The highest BCUT2D eigenvalue weighted by molar-refractivity contribution is 7.89. The molecule has 1 fully saturated rings. The number of nitrogens with one attached hydrogen (secondary N) is 3. The molecule has 3 aromatic heterocycles. The summed E-state index contributed by atoms with van der Waals surface area (Å²) in [5, 5.41) is 16.3. The van der Waals surface area contributed by atoms with Gasteiger partial charge in [0, 0.05) is 29.2 Å². The van der Waals surface area contributed by atoms with Crippen LogP contribution in [-0.4, -0.2) is 56.1 Å². The second-order valence-corrected chi connectivity index (χ2v) is 11.5. The van der Waals surface area contributed by atoms with Gasteiger partial charge < -0.3 is 15.7 Å². The first-order chi connectivity index (χ1) is 15.3. The summed E-state index contributed by atoms with van der Waals surface area (Å²) >= 11 is 3.05. The Labute approximate surface area is 192 Å². The lowest BCUT2D eigenvalue weighted by molar-refractivity contribution is -0.138. The van der Waals surface area contributed by atoms with Gasteiger partial charge in [-0.25, -0.2) is 8.42 Å². The minimum absolute atomic E-state index is 0.152. The summed E-state index contributed by atoms with van der Waals surface area (Å²) in [4.78, 5) is 29.5. The van der Waals surface area contributed by atoms with E-state index in [0.29, 0.717) is 10.8 Å². The van der Waals surface area contributed by atoms with E-state index in [9.17, 15) is 23.1 Å². The third-order valence-electron chi connectivity index (χ3n) is 5.21. The molecule has 0 radical (unpaired) electrons. The zero-order chi connectivity index (χ0) is 22.7. The number of hydrogen-bond donors (Lipinski definition) is 4. The zero-order valence-corrected chi connectivity index (χ0v) is 19.4. The maximum Gasteiger partial charge on any atom is 0.323 e. The van der Waals surface area contributed by atoms with E-state index in [1.54, 1.807) is 17.4 Å². The van der Waals surface area contributed by atoms with Crippen LogP contribution in [0.5, 0.6) is 0 Å². The fourth-order valence-corrected chi connectivity index (χ4v) is 7.20. The van der Waals surface area contributed by atoms with Crippen LogP contribution in [0.2, 0.25) is 0 Å². The highest BCUT2D eigenvalue weighted by atomic mass is 32.2. The van der Waals surface area contributed by atoms with Crippen molar-refractivity contribution in [2.45, 2.75) is 29.7 Å². The summed E-state index contributed by atoms with van der Waals surface area (Å²) in [6.45, 7) is 1.64. The standard InChI is InChI=1S/C20H22N4O5S3/c25-18(17-9-13-8-16(30-20(13)31-17)12-3-6-21-7-4-12)23-11-15(19(26)27)24-32(28,29)14-2-1-5-22-10-14/h1-2,5,8-10,12,15,21,24H,3-4,6-7,11H2,(H,23,25)(H,26,27)/t15-/m0/s1. The van der Waals surface area contributed by atoms with Crippen LogP contribution in [0.25, 0.3) is 9.40 Å². The van der Waals surface area contributed by atoms with Gasteiger partial charge in [-0.15, -0.1) is 22.7 Å². The number of carbonyl (C=O) groups is 2. The number of amides is 1. The van der Waals surface area contributed by atoms with Crippen LogP contribution < -0.4 is 15.4 Å². The molecule has 9 nitrogen and oxygen atoms in total. The molecule has 0 unspecified atom stereocenters. The molecule has 4 rings (SSSR count). The van der Waals surface area contributed by atoms with Gasteiger partial charge in [-0.2, -0.15) is 4.72 Å². The van der Waals surface area contributed by atoms with Crippen molar-refractivity contribution in [2.75, 3.05) is 19.6 Å². The summed E-state index contributed by atoms with van der Waals surface area (Å²) in [7, 11) is -4.09. The number of sulfonamides is 1. The average Bonchev–Trinajstić information content (AvgIpc) is 3.37. The van der Waals surface area contributed by atoms with Crippen molar-refractivity contribution in [2.24, 2.45) is 0 Å². The molecule has 0 aliphatic carbocycles. The van der Waals surface area contributed by atoms with E-state index in [4.69, 9.17) is 0 Å². The van der Waals surface area contributed by atoms with E-state index in [1.807, 2.05) is 0 Å². The first kappa shape index (κ1) is 22.8. The van der Waals surface area contributed by atoms with Gasteiger partial charge in [0.1, 0.15) is 10.9 Å². The predicted molar refractivity (Wildman–Crippen MR) is 123 cm³/mol. The number of carbonyl (C=O) groups excluding carboxylic acids is 1. The maximum atomic E-state index is 12.6. The zero-order valence-electron chi connectivity index (χ0n) is 16.9. The number of aliphatic carboxylic acids is 1. The highest BCUT2D eigenvalue weighted by Crippen LogP contribution is 2.39. The lowest BCUT2D eigenvalue weighted by atomic mass is 9.96. The molecule has 0 saturated carbocycles. The maximum absolute atomic E-state index is 12.6. The number of pyridine rings is 1. The summed E-state index contributed by atoms with van der Waals surface area (Å²) in [5.74, 6) is -1.28. The van der Waals surface area contributed by atoms with Gasteiger partial charge in [-0.1, -0.05) is 0 Å². The lowest BCUT2D eigenvalue weighted by Crippen LogP contribution is -2.48. The Morgan fingerprint density at radius 2 is 2.03 bits per heavy atom. The smallest absolute Gasteiger partial charge is 0.323 e. The minimum atomic E-state index is -4.09. The van der Waals surface area contributed by atoms with Crippen molar-refractivity contribution in [3.05, 3.63) is 46.4 Å². The largest absolute Gasteiger partial charge is 0.480 e. The van der Waals surface area contributed by atoms with Crippen molar-refractivity contribution in [3.63, 3.8) is 0 Å². The molecule has 32 heavy (non-hydrogen) atoms. The molecule has 1 saturated heterocycles. The van der Waals surface area contributed by atoms with E-state index in [2.05, 4.69) is 26.4 Å². The molecule has 12 heteroatoms. The molecule has 1 amide bonds. The fraction of sp³-hybridized carbons (Fsp3) is 0.350. The number of carboxylic acid groups (broad SMARTS) is 1. The number of nitrogens with zero attached hydrogens (tertiary/aromatic N) is 1. The topological polar surface area (TPSA) is 137 Å². The van der Waals surface area contributed by atoms with Crippen molar-refractivity contribution >= 4 is 54.0 Å². The normalized spacial score (nSPS) is 16.1. The molecule has 1 aliphatic heterocycles. The summed E-state index contributed by atoms with van der Waals surface area (Å²) < 4.78 is 27.9. The van der Waals surface area contributed by atoms with Crippen molar-refractivity contribution in [1.82, 2.24) is 20.3 Å². The number of fused-ring (bicyclic) bond motifs is 1. The predicted octanol–water partition coefficient (Wildman–Crippen LogP) is 1.99. The Morgan fingerprint density at radius 1 is 1.25 bits per heavy atom. The van der Waals surface area contributed by atoms with Gasteiger partial charge in [0.05, 0.1) is 8.89 Å². The van der Waals surface area contributed by atoms with Crippen molar-refractivity contribution < 1.29 is 23.1 Å². The number of piperidine rings is 1. The molecule has 1 atom stereocenters. The number of aromatic nitrogens is 1. The summed E-state index contributed by atoms with van der Waals surface area (Å²) in [5.41, 5.74) is 0. The van der Waals surface area contributed by atoms with Crippen LogP contribution in [0.4, 0.5) is 0 Å². The van der Waals surface area contributed by atoms with E-state index >= 15 is 0 Å². The first-order valence-electron chi connectivity index (χ1n) is 10.0. The third-order valence-corrected chi connectivity index (χ3v) is 9.21. The molecular formula is C20H22N4O5S3. The molecule has 4 heterocycles. The number of rotatable bonds is 8.